The number of thiazole rings is 1. The van der Waals surface area contributed by atoms with E-state index < -0.39 is 29.7 Å². The van der Waals surface area contributed by atoms with Gasteiger partial charge in [-0.2, -0.15) is 0 Å². The third-order valence-corrected chi connectivity index (χ3v) is 7.65. The number of nitrogens with zero attached hydrogens (tertiary/aromatic N) is 4. The molecule has 3 N–H and O–H groups in total. The Morgan fingerprint density at radius 2 is 1.87 bits per heavy atom. The summed E-state index contributed by atoms with van der Waals surface area (Å²) in [5.74, 6) is -3.18. The SMILES string of the molecule is CN1CCc2nc(C(=O)N[C@@H]3C[C@@H](C(=O)N(C)C)CC[C@@H]3NC(=O)C(=O)Nc3ccc(F)cn3)sc2C1.Cl. The van der Waals surface area contributed by atoms with Crippen LogP contribution in [-0.2, 0) is 27.3 Å². The molecule has 1 fully saturated rings. The van der Waals surface area contributed by atoms with Gasteiger partial charge in [0, 0.05) is 50.4 Å². The predicted molar refractivity (Wildman–Crippen MR) is 141 cm³/mol. The molecule has 2 aliphatic rings. The van der Waals surface area contributed by atoms with E-state index in [2.05, 4.69) is 30.8 Å². The van der Waals surface area contributed by atoms with Crippen LogP contribution in [0.4, 0.5) is 10.2 Å². The van der Waals surface area contributed by atoms with Gasteiger partial charge in [0.05, 0.1) is 17.9 Å². The number of hydrogen-bond donors (Lipinski definition) is 3. The summed E-state index contributed by atoms with van der Waals surface area (Å²) in [5, 5.41) is 8.30. The van der Waals surface area contributed by atoms with Crippen molar-refractivity contribution in [2.75, 3.05) is 33.0 Å². The number of pyridine rings is 1. The summed E-state index contributed by atoms with van der Waals surface area (Å²) in [5.41, 5.74) is 0.925. The van der Waals surface area contributed by atoms with Gasteiger partial charge in [0.25, 0.3) is 5.91 Å². The van der Waals surface area contributed by atoms with E-state index in [4.69, 9.17) is 0 Å². The zero-order valence-electron chi connectivity index (χ0n) is 21.3. The van der Waals surface area contributed by atoms with Crippen molar-refractivity contribution >= 4 is 53.2 Å². The van der Waals surface area contributed by atoms with Crippen molar-refractivity contribution in [1.29, 1.82) is 0 Å². The second kappa shape index (κ2) is 12.6. The lowest BCUT2D eigenvalue weighted by molar-refractivity contribution is -0.137. The van der Waals surface area contributed by atoms with Gasteiger partial charge >= 0.3 is 11.8 Å². The number of anilines is 1. The second-order valence-corrected chi connectivity index (χ2v) is 10.7. The minimum atomic E-state index is -0.965. The van der Waals surface area contributed by atoms with Crippen molar-refractivity contribution in [2.45, 2.75) is 44.3 Å². The van der Waals surface area contributed by atoms with Crippen LogP contribution in [0.3, 0.4) is 0 Å². The number of nitrogens with one attached hydrogen (secondary N) is 3. The largest absolute Gasteiger partial charge is 0.349 e. The standard InChI is InChI=1S/C24H30FN7O4S.ClH/c1-31(2)24(36)13-4-6-15(27-20(33)21(34)30-19-7-5-14(25)11-26-19)17(10-13)28-22(35)23-29-16-8-9-32(3)12-18(16)37-23;/h5,7,11,13,15,17H,4,6,8-10,12H2,1-3H3,(H,27,33)(H,28,35)(H,26,30,34);1H/t13-,15-,17+;/m0./s1. The number of hydrogen-bond acceptors (Lipinski definition) is 8. The van der Waals surface area contributed by atoms with Crippen molar-refractivity contribution < 1.29 is 23.6 Å². The molecule has 3 heterocycles. The van der Waals surface area contributed by atoms with E-state index in [1.165, 1.54) is 22.3 Å². The molecule has 0 saturated heterocycles. The average Bonchev–Trinajstić information content (AvgIpc) is 3.29. The minimum Gasteiger partial charge on any atom is -0.349 e. The molecule has 3 atom stereocenters. The monoisotopic (exact) mass is 567 g/mol. The molecule has 1 aliphatic carbocycles. The molecule has 14 heteroatoms. The van der Waals surface area contributed by atoms with Crippen LogP contribution < -0.4 is 16.0 Å². The molecule has 0 aromatic carbocycles. The molecule has 0 unspecified atom stereocenters. The van der Waals surface area contributed by atoms with Crippen molar-refractivity contribution in [1.82, 2.24) is 30.4 Å². The van der Waals surface area contributed by atoms with Crippen molar-refractivity contribution in [3.8, 4) is 0 Å². The molecule has 11 nitrogen and oxygen atoms in total. The van der Waals surface area contributed by atoms with Gasteiger partial charge in [0.15, 0.2) is 5.01 Å². The van der Waals surface area contributed by atoms with Gasteiger partial charge < -0.3 is 25.8 Å². The highest BCUT2D eigenvalue weighted by Crippen LogP contribution is 2.28. The van der Waals surface area contributed by atoms with Crippen LogP contribution in [0, 0.1) is 11.7 Å². The van der Waals surface area contributed by atoms with Gasteiger partial charge in [-0.3, -0.25) is 19.2 Å². The molecule has 206 valence electrons. The number of halogens is 2. The van der Waals surface area contributed by atoms with E-state index in [0.29, 0.717) is 24.3 Å². The maximum absolute atomic E-state index is 13.2. The summed E-state index contributed by atoms with van der Waals surface area (Å²) in [6, 6.07) is 1.20. The number of carbonyl (C=O) groups is 4. The summed E-state index contributed by atoms with van der Waals surface area (Å²) < 4.78 is 13.1. The fourth-order valence-electron chi connectivity index (χ4n) is 4.60. The first-order chi connectivity index (χ1) is 17.6. The van der Waals surface area contributed by atoms with Crippen LogP contribution in [0.25, 0.3) is 0 Å². The average molecular weight is 568 g/mol. The third kappa shape index (κ3) is 7.03. The van der Waals surface area contributed by atoms with Gasteiger partial charge in [0.1, 0.15) is 11.6 Å². The van der Waals surface area contributed by atoms with E-state index in [-0.39, 0.29) is 36.0 Å². The number of carbonyl (C=O) groups excluding carboxylic acids is 4. The summed E-state index contributed by atoms with van der Waals surface area (Å²) in [6.07, 6.45) is 2.89. The topological polar surface area (TPSA) is 137 Å². The van der Waals surface area contributed by atoms with E-state index in [0.717, 1.165) is 42.3 Å². The third-order valence-electron chi connectivity index (χ3n) is 6.56. The molecule has 0 radical (unpaired) electrons. The Hall–Kier alpha value is -3.16. The number of fused-ring (bicyclic) bond motifs is 1. The maximum atomic E-state index is 13.2. The summed E-state index contributed by atoms with van der Waals surface area (Å²) >= 11 is 1.34. The Labute approximate surface area is 230 Å². The number of aromatic nitrogens is 2. The summed E-state index contributed by atoms with van der Waals surface area (Å²) in [4.78, 5) is 63.8. The van der Waals surface area contributed by atoms with Gasteiger partial charge in [-0.15, -0.1) is 23.7 Å². The van der Waals surface area contributed by atoms with Gasteiger partial charge in [-0.25, -0.2) is 14.4 Å². The number of rotatable bonds is 5. The quantitative estimate of drug-likeness (QED) is 0.462. The molecule has 38 heavy (non-hydrogen) atoms. The fourth-order valence-corrected chi connectivity index (χ4v) is 5.69. The highest BCUT2D eigenvalue weighted by molar-refractivity contribution is 7.13. The number of amides is 4. The van der Waals surface area contributed by atoms with E-state index in [9.17, 15) is 23.6 Å². The summed E-state index contributed by atoms with van der Waals surface area (Å²) in [7, 11) is 5.37. The molecule has 2 aromatic heterocycles. The smallest absolute Gasteiger partial charge is 0.314 e. The molecule has 0 bridgehead atoms. The Kier molecular flexibility index (Phi) is 9.74. The molecule has 1 aliphatic heterocycles. The highest BCUT2D eigenvalue weighted by Gasteiger charge is 2.37. The van der Waals surface area contributed by atoms with Crippen LogP contribution in [0.5, 0.6) is 0 Å². The number of likely N-dealkylation sites (N-methyl/N-ethyl adjacent to an activating group) is 1. The molecule has 4 rings (SSSR count). The maximum Gasteiger partial charge on any atom is 0.314 e. The predicted octanol–water partition coefficient (Wildman–Crippen LogP) is 1.20. The van der Waals surface area contributed by atoms with Crippen LogP contribution in [0.1, 0.15) is 39.6 Å². The van der Waals surface area contributed by atoms with Crippen LogP contribution in [-0.4, -0.2) is 83.2 Å². The lowest BCUT2D eigenvalue weighted by Crippen LogP contribution is -2.57. The summed E-state index contributed by atoms with van der Waals surface area (Å²) in [6.45, 7) is 1.61. The molecular formula is C24H31ClFN7O4S. The Morgan fingerprint density at radius 1 is 1.11 bits per heavy atom. The van der Waals surface area contributed by atoms with Crippen LogP contribution in [0.15, 0.2) is 18.3 Å². The zero-order valence-corrected chi connectivity index (χ0v) is 23.0. The lowest BCUT2D eigenvalue weighted by atomic mass is 9.81. The first kappa shape index (κ1) is 29.4. The minimum absolute atomic E-state index is 0. The van der Waals surface area contributed by atoms with Crippen molar-refractivity contribution in [3.63, 3.8) is 0 Å². The Bertz CT molecular complexity index is 1190. The highest BCUT2D eigenvalue weighted by atomic mass is 35.5. The molecule has 0 spiro atoms. The first-order valence-electron chi connectivity index (χ1n) is 12.0. The Balaban J connectivity index is 0.00000400. The Morgan fingerprint density at radius 3 is 2.55 bits per heavy atom. The van der Waals surface area contributed by atoms with Crippen LogP contribution >= 0.6 is 23.7 Å². The second-order valence-electron chi connectivity index (χ2n) is 9.60. The van der Waals surface area contributed by atoms with Crippen molar-refractivity contribution in [3.05, 3.63) is 39.7 Å². The zero-order chi connectivity index (χ0) is 26.7. The normalized spacial score (nSPS) is 20.9. The van der Waals surface area contributed by atoms with Crippen LogP contribution in [0.2, 0.25) is 0 Å². The molecule has 4 amide bonds. The van der Waals surface area contributed by atoms with Gasteiger partial charge in [-0.1, -0.05) is 0 Å². The van der Waals surface area contributed by atoms with Gasteiger partial charge in [-0.05, 0) is 38.4 Å². The van der Waals surface area contributed by atoms with E-state index in [1.54, 1.807) is 14.1 Å². The van der Waals surface area contributed by atoms with E-state index >= 15 is 0 Å². The molecule has 1 saturated carbocycles. The first-order valence-corrected chi connectivity index (χ1v) is 12.8. The van der Waals surface area contributed by atoms with Crippen molar-refractivity contribution in [2.24, 2.45) is 5.92 Å². The van der Waals surface area contributed by atoms with Gasteiger partial charge in [0.2, 0.25) is 5.91 Å². The fraction of sp³-hybridized carbons (Fsp3) is 0.500. The van der Waals surface area contributed by atoms with E-state index in [1.807, 2.05) is 7.05 Å². The lowest BCUT2D eigenvalue weighted by Gasteiger charge is -2.37. The molecule has 2 aromatic rings. The molecular weight excluding hydrogens is 537 g/mol.